The molecule has 1 aliphatic heterocycles. The Bertz CT molecular complexity index is 473. The summed E-state index contributed by atoms with van der Waals surface area (Å²) in [6.45, 7) is 2.51. The van der Waals surface area contributed by atoms with Crippen molar-refractivity contribution >= 4 is 17.6 Å². The third-order valence-electron chi connectivity index (χ3n) is 4.28. The number of benzene rings is 1. The number of piperidine rings is 1. The molecule has 2 aliphatic rings. The molecule has 2 fully saturated rings. The number of fused-ring (bicyclic) bond motifs is 1. The van der Waals surface area contributed by atoms with E-state index in [1.807, 2.05) is 24.3 Å². The van der Waals surface area contributed by atoms with Gasteiger partial charge in [-0.15, -0.1) is 0 Å². The largest absolute Gasteiger partial charge is 0.481 e. The molecule has 1 N–H and O–H groups in total. The molecule has 1 aromatic rings. The highest BCUT2D eigenvalue weighted by Crippen LogP contribution is 2.57. The molecule has 3 rings (SSSR count). The molecule has 1 aliphatic carbocycles. The molecule has 0 spiro atoms. The van der Waals surface area contributed by atoms with Crippen LogP contribution in [0.15, 0.2) is 24.3 Å². The van der Waals surface area contributed by atoms with E-state index >= 15 is 0 Å². The lowest BCUT2D eigenvalue weighted by atomic mass is 9.97. The number of hydrogen-bond acceptors (Lipinski definition) is 2. The average Bonchev–Trinajstić information content (AvgIpc) is 3.07. The number of likely N-dealkylation sites (tertiary alicyclic amines) is 1. The highest BCUT2D eigenvalue weighted by molar-refractivity contribution is 6.30. The van der Waals surface area contributed by atoms with Crippen LogP contribution in [-0.4, -0.2) is 29.1 Å². The molecule has 0 radical (unpaired) electrons. The Balaban J connectivity index is 1.67. The summed E-state index contributed by atoms with van der Waals surface area (Å²) in [7, 11) is 0. The number of carbonyl (C=O) groups is 1. The third-order valence-corrected chi connectivity index (χ3v) is 4.53. The monoisotopic (exact) mass is 265 g/mol. The van der Waals surface area contributed by atoms with Crippen LogP contribution in [0.3, 0.4) is 0 Å². The van der Waals surface area contributed by atoms with E-state index in [4.69, 9.17) is 11.6 Å². The second-order valence-electron chi connectivity index (χ2n) is 5.49. The SMILES string of the molecule is O=C(O)C12CC1CCN(Cc1ccc(Cl)cc1)C2. The minimum absolute atomic E-state index is 0.413. The Labute approximate surface area is 111 Å². The van der Waals surface area contributed by atoms with Crippen LogP contribution in [0.25, 0.3) is 0 Å². The molecule has 0 aromatic heterocycles. The Morgan fingerprint density at radius 2 is 2.17 bits per heavy atom. The van der Waals surface area contributed by atoms with Crippen molar-refractivity contribution in [2.45, 2.75) is 19.4 Å². The molecule has 1 heterocycles. The smallest absolute Gasteiger partial charge is 0.311 e. The molecule has 1 saturated carbocycles. The number of hydrogen-bond donors (Lipinski definition) is 1. The van der Waals surface area contributed by atoms with E-state index in [9.17, 15) is 9.90 Å². The van der Waals surface area contributed by atoms with Gasteiger partial charge in [0.15, 0.2) is 0 Å². The second-order valence-corrected chi connectivity index (χ2v) is 5.92. The van der Waals surface area contributed by atoms with Crippen molar-refractivity contribution in [2.75, 3.05) is 13.1 Å². The molecule has 1 aromatic carbocycles. The Morgan fingerprint density at radius 1 is 1.44 bits per heavy atom. The van der Waals surface area contributed by atoms with Crippen molar-refractivity contribution in [3.63, 3.8) is 0 Å². The Morgan fingerprint density at radius 3 is 2.83 bits per heavy atom. The summed E-state index contributed by atoms with van der Waals surface area (Å²) in [6, 6.07) is 7.78. The minimum atomic E-state index is -0.617. The van der Waals surface area contributed by atoms with Crippen molar-refractivity contribution in [3.05, 3.63) is 34.9 Å². The Kier molecular flexibility index (Phi) is 2.83. The summed E-state index contributed by atoms with van der Waals surface area (Å²) < 4.78 is 0. The van der Waals surface area contributed by atoms with Crippen molar-refractivity contribution in [1.82, 2.24) is 4.90 Å². The maximum Gasteiger partial charge on any atom is 0.311 e. The number of carboxylic acid groups (broad SMARTS) is 1. The van der Waals surface area contributed by atoms with Crippen LogP contribution in [0.2, 0.25) is 5.02 Å². The van der Waals surface area contributed by atoms with Gasteiger partial charge in [0.2, 0.25) is 0 Å². The Hall–Kier alpha value is -1.06. The third kappa shape index (κ3) is 2.02. The quantitative estimate of drug-likeness (QED) is 0.913. The zero-order valence-electron chi connectivity index (χ0n) is 10.1. The van der Waals surface area contributed by atoms with E-state index in [2.05, 4.69) is 4.90 Å². The second kappa shape index (κ2) is 4.25. The van der Waals surface area contributed by atoms with Crippen molar-refractivity contribution in [3.8, 4) is 0 Å². The average molecular weight is 266 g/mol. The van der Waals surface area contributed by atoms with E-state index in [0.717, 1.165) is 31.0 Å². The first-order chi connectivity index (χ1) is 8.60. The lowest BCUT2D eigenvalue weighted by Gasteiger charge is -2.30. The van der Waals surface area contributed by atoms with Crippen LogP contribution in [0.1, 0.15) is 18.4 Å². The van der Waals surface area contributed by atoms with Crippen LogP contribution in [0, 0.1) is 11.3 Å². The number of aliphatic carboxylic acids is 1. The van der Waals surface area contributed by atoms with Gasteiger partial charge in [-0.1, -0.05) is 23.7 Å². The number of rotatable bonds is 3. The van der Waals surface area contributed by atoms with Gasteiger partial charge in [0, 0.05) is 18.1 Å². The molecule has 3 nitrogen and oxygen atoms in total. The fourth-order valence-electron chi connectivity index (χ4n) is 3.08. The zero-order valence-corrected chi connectivity index (χ0v) is 10.9. The number of halogens is 1. The van der Waals surface area contributed by atoms with Crippen molar-refractivity contribution in [2.24, 2.45) is 11.3 Å². The molecular weight excluding hydrogens is 250 g/mol. The van der Waals surface area contributed by atoms with Gasteiger partial charge in [0.25, 0.3) is 0 Å². The maximum atomic E-state index is 11.3. The normalized spacial score (nSPS) is 30.8. The summed E-state index contributed by atoms with van der Waals surface area (Å²) >= 11 is 5.86. The summed E-state index contributed by atoms with van der Waals surface area (Å²) in [5.74, 6) is -0.204. The molecule has 0 bridgehead atoms. The first kappa shape index (κ1) is 12.0. The van der Waals surface area contributed by atoms with Crippen LogP contribution >= 0.6 is 11.6 Å². The zero-order chi connectivity index (χ0) is 12.8. The van der Waals surface area contributed by atoms with Gasteiger partial charge in [0.05, 0.1) is 5.41 Å². The molecule has 2 atom stereocenters. The van der Waals surface area contributed by atoms with E-state index in [-0.39, 0.29) is 0 Å². The summed E-state index contributed by atoms with van der Waals surface area (Å²) in [4.78, 5) is 13.6. The summed E-state index contributed by atoms with van der Waals surface area (Å²) in [5.41, 5.74) is 0.754. The van der Waals surface area contributed by atoms with Gasteiger partial charge in [-0.2, -0.15) is 0 Å². The fraction of sp³-hybridized carbons (Fsp3) is 0.500. The predicted octanol–water partition coefficient (Wildman–Crippen LogP) is 2.64. The van der Waals surface area contributed by atoms with Gasteiger partial charge in [-0.25, -0.2) is 0 Å². The van der Waals surface area contributed by atoms with E-state index in [0.29, 0.717) is 12.5 Å². The molecule has 18 heavy (non-hydrogen) atoms. The molecule has 96 valence electrons. The van der Waals surface area contributed by atoms with Crippen LogP contribution < -0.4 is 0 Å². The molecule has 1 saturated heterocycles. The molecule has 2 unspecified atom stereocenters. The molecular formula is C14H16ClNO2. The first-order valence-corrected chi connectivity index (χ1v) is 6.68. The minimum Gasteiger partial charge on any atom is -0.481 e. The highest BCUT2D eigenvalue weighted by atomic mass is 35.5. The van der Waals surface area contributed by atoms with Crippen molar-refractivity contribution < 1.29 is 9.90 Å². The van der Waals surface area contributed by atoms with Gasteiger partial charge < -0.3 is 5.11 Å². The summed E-state index contributed by atoms with van der Waals surface area (Å²) in [6.07, 6.45) is 1.87. The predicted molar refractivity (Wildman–Crippen MR) is 69.5 cm³/mol. The standard InChI is InChI=1S/C14H16ClNO2/c15-12-3-1-10(2-4-12)8-16-6-5-11-7-14(11,9-16)13(17)18/h1-4,11H,5-9H2,(H,17,18). The van der Waals surface area contributed by atoms with Crippen molar-refractivity contribution in [1.29, 1.82) is 0 Å². The fourth-order valence-corrected chi connectivity index (χ4v) is 3.21. The van der Waals surface area contributed by atoms with E-state index < -0.39 is 11.4 Å². The van der Waals surface area contributed by atoms with Gasteiger partial charge in [-0.05, 0) is 43.0 Å². The van der Waals surface area contributed by atoms with Crippen LogP contribution in [0.4, 0.5) is 0 Å². The van der Waals surface area contributed by atoms with E-state index in [1.54, 1.807) is 0 Å². The maximum absolute atomic E-state index is 11.3. The lowest BCUT2D eigenvalue weighted by molar-refractivity contribution is -0.145. The first-order valence-electron chi connectivity index (χ1n) is 6.30. The van der Waals surface area contributed by atoms with Gasteiger partial charge in [0.1, 0.15) is 0 Å². The molecule has 0 amide bonds. The summed E-state index contributed by atoms with van der Waals surface area (Å²) in [5, 5.41) is 10.1. The highest BCUT2D eigenvalue weighted by Gasteiger charge is 2.62. The van der Waals surface area contributed by atoms with Crippen LogP contribution in [-0.2, 0) is 11.3 Å². The van der Waals surface area contributed by atoms with Gasteiger partial charge in [-0.3, -0.25) is 9.69 Å². The van der Waals surface area contributed by atoms with Gasteiger partial charge >= 0.3 is 5.97 Å². The number of nitrogens with zero attached hydrogens (tertiary/aromatic N) is 1. The topological polar surface area (TPSA) is 40.5 Å². The lowest BCUT2D eigenvalue weighted by Crippen LogP contribution is -2.40. The van der Waals surface area contributed by atoms with Crippen LogP contribution in [0.5, 0.6) is 0 Å². The molecule has 4 heteroatoms. The number of carboxylic acids is 1. The van der Waals surface area contributed by atoms with E-state index in [1.165, 1.54) is 5.56 Å².